The number of piperidine rings is 1. The van der Waals surface area contributed by atoms with Crippen LogP contribution >= 0.6 is 12.6 Å². The summed E-state index contributed by atoms with van der Waals surface area (Å²) in [6, 6.07) is 0.820. The maximum absolute atomic E-state index is 5.49. The van der Waals surface area contributed by atoms with Gasteiger partial charge in [-0.05, 0) is 38.9 Å². The highest BCUT2D eigenvalue weighted by Gasteiger charge is 2.27. The number of hydrogen-bond acceptors (Lipinski definition) is 4. The van der Waals surface area contributed by atoms with Crippen LogP contribution in [-0.2, 0) is 4.74 Å². The van der Waals surface area contributed by atoms with Crippen LogP contribution in [0, 0.1) is 0 Å². The lowest BCUT2D eigenvalue weighted by Gasteiger charge is -2.32. The van der Waals surface area contributed by atoms with Gasteiger partial charge in [0.25, 0.3) is 0 Å². The number of likely N-dealkylation sites (tertiary alicyclic amines) is 2. The van der Waals surface area contributed by atoms with Gasteiger partial charge in [-0.2, -0.15) is 12.6 Å². The highest BCUT2D eigenvalue weighted by atomic mass is 32.1. The maximum atomic E-state index is 5.49. The molecular formula is C13H26N2OS. The largest absolute Gasteiger partial charge is 0.379 e. The van der Waals surface area contributed by atoms with E-state index in [2.05, 4.69) is 22.4 Å². The van der Waals surface area contributed by atoms with Crippen LogP contribution in [0.25, 0.3) is 0 Å². The first-order valence-corrected chi connectivity index (χ1v) is 7.68. The Morgan fingerprint density at radius 2 is 1.88 bits per heavy atom. The lowest BCUT2D eigenvalue weighted by atomic mass is 10.1. The summed E-state index contributed by atoms with van der Waals surface area (Å²) in [6.45, 7) is 7.91. The normalized spacial score (nSPS) is 27.7. The van der Waals surface area contributed by atoms with Crippen LogP contribution in [0.1, 0.15) is 25.7 Å². The summed E-state index contributed by atoms with van der Waals surface area (Å²) >= 11 is 4.14. The van der Waals surface area contributed by atoms with Crippen molar-refractivity contribution < 1.29 is 4.74 Å². The first-order chi connectivity index (χ1) is 8.40. The van der Waals surface area contributed by atoms with Crippen molar-refractivity contribution in [1.29, 1.82) is 0 Å². The van der Waals surface area contributed by atoms with E-state index in [0.717, 1.165) is 31.6 Å². The molecule has 0 amide bonds. The SMILES string of the molecule is SCCOCCN1CCC(N2CCCCC2)C1. The molecule has 2 aliphatic rings. The summed E-state index contributed by atoms with van der Waals surface area (Å²) < 4.78 is 5.49. The van der Waals surface area contributed by atoms with E-state index < -0.39 is 0 Å². The zero-order chi connectivity index (χ0) is 11.9. The first kappa shape index (κ1) is 13.7. The molecule has 17 heavy (non-hydrogen) atoms. The van der Waals surface area contributed by atoms with Gasteiger partial charge in [0.1, 0.15) is 0 Å². The minimum Gasteiger partial charge on any atom is -0.379 e. The van der Waals surface area contributed by atoms with E-state index in [4.69, 9.17) is 4.74 Å². The van der Waals surface area contributed by atoms with Gasteiger partial charge in [0.15, 0.2) is 0 Å². The third-order valence-corrected chi connectivity index (χ3v) is 4.12. The molecule has 0 radical (unpaired) electrons. The smallest absolute Gasteiger partial charge is 0.0593 e. The molecule has 100 valence electrons. The van der Waals surface area contributed by atoms with Gasteiger partial charge in [0.2, 0.25) is 0 Å². The molecule has 2 heterocycles. The fourth-order valence-electron chi connectivity index (χ4n) is 2.96. The molecule has 0 saturated carbocycles. The van der Waals surface area contributed by atoms with Crippen LogP contribution in [-0.4, -0.2) is 67.5 Å². The average Bonchev–Trinajstić information content (AvgIpc) is 2.85. The average molecular weight is 258 g/mol. The number of ether oxygens (including phenoxy) is 1. The minimum absolute atomic E-state index is 0.784. The Balaban J connectivity index is 1.61. The second-order valence-electron chi connectivity index (χ2n) is 5.18. The summed E-state index contributed by atoms with van der Waals surface area (Å²) in [7, 11) is 0. The van der Waals surface area contributed by atoms with Gasteiger partial charge in [-0.15, -0.1) is 0 Å². The van der Waals surface area contributed by atoms with Gasteiger partial charge in [0, 0.05) is 24.9 Å². The molecule has 0 spiro atoms. The van der Waals surface area contributed by atoms with Crippen molar-refractivity contribution in [2.75, 3.05) is 51.7 Å². The Labute approximate surface area is 111 Å². The molecule has 0 aliphatic carbocycles. The molecule has 0 bridgehead atoms. The summed E-state index contributed by atoms with van der Waals surface area (Å²) in [4.78, 5) is 5.26. The van der Waals surface area contributed by atoms with Crippen LogP contribution in [0.5, 0.6) is 0 Å². The van der Waals surface area contributed by atoms with Gasteiger partial charge >= 0.3 is 0 Å². The Hall–Kier alpha value is 0.230. The summed E-state index contributed by atoms with van der Waals surface area (Å²) in [5, 5.41) is 0. The van der Waals surface area contributed by atoms with Crippen LogP contribution in [0.15, 0.2) is 0 Å². The molecular weight excluding hydrogens is 232 g/mol. The highest BCUT2D eigenvalue weighted by molar-refractivity contribution is 7.80. The molecule has 0 aromatic heterocycles. The number of nitrogens with zero attached hydrogens (tertiary/aromatic N) is 2. The third-order valence-electron chi connectivity index (χ3n) is 3.94. The van der Waals surface area contributed by atoms with Gasteiger partial charge in [-0.3, -0.25) is 9.80 Å². The van der Waals surface area contributed by atoms with Crippen molar-refractivity contribution in [2.24, 2.45) is 0 Å². The molecule has 0 aromatic rings. The third kappa shape index (κ3) is 4.43. The van der Waals surface area contributed by atoms with E-state index in [1.165, 1.54) is 51.9 Å². The van der Waals surface area contributed by atoms with E-state index in [-0.39, 0.29) is 0 Å². The molecule has 0 aromatic carbocycles. The molecule has 2 fully saturated rings. The topological polar surface area (TPSA) is 15.7 Å². The number of thiol groups is 1. The number of hydrogen-bond donors (Lipinski definition) is 1. The Morgan fingerprint density at radius 1 is 1.06 bits per heavy atom. The van der Waals surface area contributed by atoms with Crippen LogP contribution < -0.4 is 0 Å². The Bertz CT molecular complexity index is 210. The highest BCUT2D eigenvalue weighted by Crippen LogP contribution is 2.19. The van der Waals surface area contributed by atoms with Crippen LogP contribution in [0.2, 0.25) is 0 Å². The quantitative estimate of drug-likeness (QED) is 0.574. The predicted octanol–water partition coefficient (Wildman–Crippen LogP) is 1.49. The molecule has 3 nitrogen and oxygen atoms in total. The molecule has 2 aliphatic heterocycles. The maximum Gasteiger partial charge on any atom is 0.0593 e. The summed E-state index contributed by atoms with van der Waals surface area (Å²) in [5.41, 5.74) is 0. The van der Waals surface area contributed by atoms with Crippen molar-refractivity contribution in [1.82, 2.24) is 9.80 Å². The van der Waals surface area contributed by atoms with Gasteiger partial charge in [0.05, 0.1) is 13.2 Å². The van der Waals surface area contributed by atoms with Crippen molar-refractivity contribution >= 4 is 12.6 Å². The zero-order valence-corrected chi connectivity index (χ0v) is 11.7. The van der Waals surface area contributed by atoms with E-state index in [0.29, 0.717) is 0 Å². The second kappa shape index (κ2) is 7.62. The molecule has 4 heteroatoms. The van der Waals surface area contributed by atoms with Crippen LogP contribution in [0.4, 0.5) is 0 Å². The molecule has 0 N–H and O–H groups in total. The molecule has 2 saturated heterocycles. The van der Waals surface area contributed by atoms with Gasteiger partial charge in [-0.25, -0.2) is 0 Å². The lowest BCUT2D eigenvalue weighted by molar-refractivity contribution is 0.116. The first-order valence-electron chi connectivity index (χ1n) is 7.05. The Kier molecular flexibility index (Phi) is 6.12. The van der Waals surface area contributed by atoms with Gasteiger partial charge < -0.3 is 4.74 Å². The minimum atomic E-state index is 0.784. The lowest BCUT2D eigenvalue weighted by Crippen LogP contribution is -2.41. The molecule has 1 atom stereocenters. The van der Waals surface area contributed by atoms with E-state index in [1.54, 1.807) is 0 Å². The van der Waals surface area contributed by atoms with Crippen molar-refractivity contribution in [3.8, 4) is 0 Å². The van der Waals surface area contributed by atoms with Crippen LogP contribution in [0.3, 0.4) is 0 Å². The molecule has 1 unspecified atom stereocenters. The Morgan fingerprint density at radius 3 is 2.65 bits per heavy atom. The zero-order valence-electron chi connectivity index (χ0n) is 10.8. The monoisotopic (exact) mass is 258 g/mol. The summed E-state index contributed by atoms with van der Waals surface area (Å²) in [5.74, 6) is 0.830. The van der Waals surface area contributed by atoms with Crippen molar-refractivity contribution in [3.63, 3.8) is 0 Å². The second-order valence-corrected chi connectivity index (χ2v) is 5.62. The number of rotatable bonds is 6. The van der Waals surface area contributed by atoms with E-state index in [9.17, 15) is 0 Å². The van der Waals surface area contributed by atoms with E-state index >= 15 is 0 Å². The van der Waals surface area contributed by atoms with Crippen molar-refractivity contribution in [3.05, 3.63) is 0 Å². The van der Waals surface area contributed by atoms with E-state index in [1.807, 2.05) is 0 Å². The predicted molar refractivity (Wildman–Crippen MR) is 74.9 cm³/mol. The summed E-state index contributed by atoms with van der Waals surface area (Å²) in [6.07, 6.45) is 5.60. The van der Waals surface area contributed by atoms with Crippen molar-refractivity contribution in [2.45, 2.75) is 31.7 Å². The molecule has 2 rings (SSSR count). The fraction of sp³-hybridized carbons (Fsp3) is 1.00. The fourth-order valence-corrected chi connectivity index (χ4v) is 3.09. The van der Waals surface area contributed by atoms with Gasteiger partial charge in [-0.1, -0.05) is 6.42 Å². The standard InChI is InChI=1S/C13H26N2OS/c17-11-10-16-9-8-14-7-4-13(12-14)15-5-2-1-3-6-15/h13,17H,1-12H2.